The monoisotopic (exact) mass is 422 g/mol. The van der Waals surface area contributed by atoms with Gasteiger partial charge in [0.05, 0.1) is 5.56 Å². The molecule has 1 unspecified atom stereocenters. The Morgan fingerprint density at radius 1 is 0.871 bits per heavy atom. The van der Waals surface area contributed by atoms with Gasteiger partial charge in [0.15, 0.2) is 0 Å². The Morgan fingerprint density at radius 3 is 2.00 bits per heavy atom. The van der Waals surface area contributed by atoms with Crippen LogP contribution in [0.1, 0.15) is 87.6 Å². The van der Waals surface area contributed by atoms with Crippen molar-refractivity contribution in [3.63, 3.8) is 0 Å². The lowest BCUT2D eigenvalue weighted by Crippen LogP contribution is -2.16. The topological polar surface area (TPSA) is 52.6 Å². The van der Waals surface area contributed by atoms with Gasteiger partial charge in [0.1, 0.15) is 11.5 Å². The molecule has 0 heterocycles. The van der Waals surface area contributed by atoms with E-state index in [0.717, 1.165) is 11.8 Å². The summed E-state index contributed by atoms with van der Waals surface area (Å²) in [6.45, 7) is 6.38. The maximum absolute atomic E-state index is 12.5. The molecule has 0 saturated heterocycles. The third-order valence-corrected chi connectivity index (χ3v) is 6.45. The van der Waals surface area contributed by atoms with E-state index in [0.29, 0.717) is 29.4 Å². The number of esters is 2. The molecule has 166 valence electrons. The largest absolute Gasteiger partial charge is 0.427 e. The minimum absolute atomic E-state index is 0.297. The average molecular weight is 423 g/mol. The predicted molar refractivity (Wildman–Crippen MR) is 123 cm³/mol. The fourth-order valence-electron chi connectivity index (χ4n) is 4.30. The molecule has 0 N–H and O–H groups in total. The molecule has 0 bridgehead atoms. The Kier molecular flexibility index (Phi) is 8.27. The molecule has 0 spiro atoms. The molecular weight excluding hydrogens is 388 g/mol. The maximum atomic E-state index is 12.5. The number of carbonyl (C=O) groups excluding carboxylic acids is 2. The van der Waals surface area contributed by atoms with Crippen molar-refractivity contribution in [2.45, 2.75) is 71.6 Å². The quantitative estimate of drug-likeness (QED) is 0.342. The third kappa shape index (κ3) is 6.68. The highest BCUT2D eigenvalue weighted by Crippen LogP contribution is 2.38. The van der Waals surface area contributed by atoms with Gasteiger partial charge >= 0.3 is 11.9 Å². The van der Waals surface area contributed by atoms with Crippen LogP contribution in [0.2, 0.25) is 0 Å². The van der Waals surface area contributed by atoms with E-state index in [2.05, 4.69) is 26.0 Å². The van der Waals surface area contributed by atoms with Crippen molar-refractivity contribution in [1.29, 1.82) is 0 Å². The molecule has 0 aromatic heterocycles. The van der Waals surface area contributed by atoms with Crippen LogP contribution in [0.25, 0.3) is 0 Å². The molecule has 1 atom stereocenters. The molecule has 1 saturated carbocycles. The number of carbonyl (C=O) groups is 2. The zero-order valence-corrected chi connectivity index (χ0v) is 18.9. The van der Waals surface area contributed by atoms with Gasteiger partial charge in [0.25, 0.3) is 0 Å². The van der Waals surface area contributed by atoms with Crippen molar-refractivity contribution >= 4 is 11.9 Å². The fraction of sp³-hybridized carbons (Fsp3) is 0.481. The predicted octanol–water partition coefficient (Wildman–Crippen LogP) is 6.93. The Hall–Kier alpha value is -2.62. The second-order valence-corrected chi connectivity index (χ2v) is 8.78. The van der Waals surface area contributed by atoms with Crippen LogP contribution in [0.15, 0.2) is 48.5 Å². The van der Waals surface area contributed by atoms with Crippen molar-refractivity contribution < 1.29 is 19.1 Å². The summed E-state index contributed by atoms with van der Waals surface area (Å²) >= 11 is 0. The first kappa shape index (κ1) is 23.1. The number of hydrogen-bond acceptors (Lipinski definition) is 4. The first-order valence-electron chi connectivity index (χ1n) is 11.6. The lowest BCUT2D eigenvalue weighted by molar-refractivity contribution is -0.134. The summed E-state index contributed by atoms with van der Waals surface area (Å²) < 4.78 is 10.6. The van der Waals surface area contributed by atoms with Crippen molar-refractivity contribution in [2.75, 3.05) is 0 Å². The van der Waals surface area contributed by atoms with Gasteiger partial charge < -0.3 is 9.47 Å². The lowest BCUT2D eigenvalue weighted by Gasteiger charge is -2.30. The van der Waals surface area contributed by atoms with E-state index in [1.54, 1.807) is 31.2 Å². The van der Waals surface area contributed by atoms with Gasteiger partial charge in [-0.1, -0.05) is 39.3 Å². The van der Waals surface area contributed by atoms with Crippen LogP contribution in [0.3, 0.4) is 0 Å². The van der Waals surface area contributed by atoms with Crippen LogP contribution in [-0.4, -0.2) is 11.9 Å². The van der Waals surface area contributed by atoms with Crippen molar-refractivity contribution in [3.8, 4) is 11.5 Å². The van der Waals surface area contributed by atoms with Gasteiger partial charge in [-0.05, 0) is 91.8 Å². The van der Waals surface area contributed by atoms with Crippen molar-refractivity contribution in [3.05, 3.63) is 59.7 Å². The number of rotatable bonds is 8. The molecule has 2 aromatic rings. The van der Waals surface area contributed by atoms with Crippen LogP contribution in [0.5, 0.6) is 11.5 Å². The summed E-state index contributed by atoms with van der Waals surface area (Å²) in [5.41, 5.74) is 1.86. The first-order valence-corrected chi connectivity index (χ1v) is 11.6. The summed E-state index contributed by atoms with van der Waals surface area (Å²) in [6.07, 6.45) is 8.03. The second kappa shape index (κ2) is 11.1. The van der Waals surface area contributed by atoms with Gasteiger partial charge in [-0.3, -0.25) is 4.79 Å². The zero-order chi connectivity index (χ0) is 22.2. The second-order valence-electron chi connectivity index (χ2n) is 8.78. The standard InChI is InChI=1S/C27H34O4/c1-4-19(3)18-20-6-8-21(9-7-20)22-10-12-23(13-11-22)27(29)31-25-16-14-24(15-17-25)30-26(28)5-2/h10-17,19-21H,4-9,18H2,1-3H3. The van der Waals surface area contributed by atoms with E-state index in [1.165, 1.54) is 44.1 Å². The molecule has 0 amide bonds. The molecule has 1 aliphatic carbocycles. The van der Waals surface area contributed by atoms with E-state index < -0.39 is 0 Å². The molecule has 31 heavy (non-hydrogen) atoms. The zero-order valence-electron chi connectivity index (χ0n) is 18.9. The smallest absolute Gasteiger partial charge is 0.343 e. The molecule has 4 nitrogen and oxygen atoms in total. The van der Waals surface area contributed by atoms with Crippen molar-refractivity contribution in [1.82, 2.24) is 0 Å². The molecule has 1 aliphatic rings. The summed E-state index contributed by atoms with van der Waals surface area (Å²) in [5.74, 6) is 2.47. The molecule has 4 heteroatoms. The van der Waals surface area contributed by atoms with Gasteiger partial charge in [0, 0.05) is 6.42 Å². The Balaban J connectivity index is 1.52. The number of benzene rings is 2. The highest BCUT2D eigenvalue weighted by molar-refractivity contribution is 5.91. The average Bonchev–Trinajstić information content (AvgIpc) is 2.80. The first-order chi connectivity index (χ1) is 15.0. The van der Waals surface area contributed by atoms with Crippen LogP contribution in [-0.2, 0) is 4.79 Å². The van der Waals surface area contributed by atoms with Crippen LogP contribution in [0, 0.1) is 11.8 Å². The highest BCUT2D eigenvalue weighted by atomic mass is 16.5. The number of ether oxygens (including phenoxy) is 2. The highest BCUT2D eigenvalue weighted by Gasteiger charge is 2.23. The minimum atomic E-state index is -0.387. The molecule has 0 radical (unpaired) electrons. The lowest BCUT2D eigenvalue weighted by atomic mass is 9.75. The minimum Gasteiger partial charge on any atom is -0.427 e. The summed E-state index contributed by atoms with van der Waals surface area (Å²) in [5, 5.41) is 0. The third-order valence-electron chi connectivity index (χ3n) is 6.45. The molecule has 1 fully saturated rings. The van der Waals surface area contributed by atoms with Crippen molar-refractivity contribution in [2.24, 2.45) is 11.8 Å². The normalized spacial score (nSPS) is 19.5. The van der Waals surface area contributed by atoms with E-state index in [4.69, 9.17) is 9.47 Å². The maximum Gasteiger partial charge on any atom is 0.343 e. The van der Waals surface area contributed by atoms with Gasteiger partial charge in [0.2, 0.25) is 0 Å². The van der Waals surface area contributed by atoms with Crippen LogP contribution in [0.4, 0.5) is 0 Å². The molecule has 2 aromatic carbocycles. The molecule has 3 rings (SSSR count). The molecule has 0 aliphatic heterocycles. The van der Waals surface area contributed by atoms with E-state index in [1.807, 2.05) is 12.1 Å². The van der Waals surface area contributed by atoms with E-state index >= 15 is 0 Å². The number of hydrogen-bond donors (Lipinski definition) is 0. The fourth-order valence-corrected chi connectivity index (χ4v) is 4.30. The summed E-state index contributed by atoms with van der Waals surface area (Å²) in [7, 11) is 0. The van der Waals surface area contributed by atoms with Gasteiger partial charge in [-0.15, -0.1) is 0 Å². The Morgan fingerprint density at radius 2 is 1.45 bits per heavy atom. The van der Waals surface area contributed by atoms with Crippen LogP contribution >= 0.6 is 0 Å². The summed E-state index contributed by atoms with van der Waals surface area (Å²) in [4.78, 5) is 23.8. The van der Waals surface area contributed by atoms with Crippen LogP contribution < -0.4 is 9.47 Å². The van der Waals surface area contributed by atoms with E-state index in [-0.39, 0.29) is 11.9 Å². The Bertz CT molecular complexity index is 846. The summed E-state index contributed by atoms with van der Waals surface area (Å²) in [6, 6.07) is 14.4. The molecular formula is C27H34O4. The van der Waals surface area contributed by atoms with Gasteiger partial charge in [-0.25, -0.2) is 4.79 Å². The van der Waals surface area contributed by atoms with E-state index in [9.17, 15) is 9.59 Å². The van der Waals surface area contributed by atoms with Gasteiger partial charge in [-0.2, -0.15) is 0 Å². The Labute approximate surface area is 186 Å². The SMILES string of the molecule is CCC(=O)Oc1ccc(OC(=O)c2ccc(C3CCC(CC(C)CC)CC3)cc2)cc1.